The number of aliphatic carboxylic acids is 1. The Morgan fingerprint density at radius 3 is 2.36 bits per heavy atom. The van der Waals surface area contributed by atoms with Gasteiger partial charge in [0.1, 0.15) is 0 Å². The molecule has 78 valence electrons. The van der Waals surface area contributed by atoms with Gasteiger partial charge in [-0.2, -0.15) is 0 Å². The molecule has 4 heteroatoms. The Balaban J connectivity index is 0.000000241. The molecular formula is C10H14O4. The van der Waals surface area contributed by atoms with Gasteiger partial charge in [0.15, 0.2) is 0 Å². The Labute approximate surface area is 82.9 Å². The Morgan fingerprint density at radius 2 is 2.29 bits per heavy atom. The first-order valence-corrected chi connectivity index (χ1v) is 4.33. The molecule has 0 radical (unpaired) electrons. The third-order valence-corrected chi connectivity index (χ3v) is 1.53. The standard InChI is InChI=1S/C5H6O2.C5H8O2/c6-5(7)4-2-1-3-4;1-3-5(6)7-4-2/h2H,1,3H2,(H,6,7);3H,1,4H2,2H3. The molecule has 0 atom stereocenters. The molecule has 1 N–H and O–H groups in total. The summed E-state index contributed by atoms with van der Waals surface area (Å²) in [6.07, 6.45) is 4.59. The van der Waals surface area contributed by atoms with Crippen molar-refractivity contribution >= 4 is 11.9 Å². The third kappa shape index (κ3) is 5.13. The van der Waals surface area contributed by atoms with Crippen molar-refractivity contribution in [3.05, 3.63) is 24.3 Å². The van der Waals surface area contributed by atoms with Crippen LogP contribution in [0.15, 0.2) is 24.3 Å². The number of esters is 1. The zero-order chi connectivity index (χ0) is 11.0. The molecule has 0 aliphatic heterocycles. The minimum absolute atomic E-state index is 0.359. The van der Waals surface area contributed by atoms with Gasteiger partial charge in [-0.3, -0.25) is 0 Å². The van der Waals surface area contributed by atoms with Crippen molar-refractivity contribution in [3.63, 3.8) is 0 Å². The van der Waals surface area contributed by atoms with Crippen LogP contribution in [0, 0.1) is 0 Å². The van der Waals surface area contributed by atoms with Crippen LogP contribution in [-0.2, 0) is 14.3 Å². The summed E-state index contributed by atoms with van der Waals surface area (Å²) < 4.78 is 4.43. The molecule has 0 heterocycles. The van der Waals surface area contributed by atoms with Gasteiger partial charge >= 0.3 is 11.9 Å². The van der Waals surface area contributed by atoms with Gasteiger partial charge in [-0.05, 0) is 19.8 Å². The quantitative estimate of drug-likeness (QED) is 0.551. The lowest BCUT2D eigenvalue weighted by molar-refractivity contribution is -0.137. The number of rotatable bonds is 3. The van der Waals surface area contributed by atoms with Crippen molar-refractivity contribution in [2.75, 3.05) is 6.61 Å². The van der Waals surface area contributed by atoms with Gasteiger partial charge in [-0.25, -0.2) is 9.59 Å². The molecule has 0 saturated heterocycles. The molecule has 0 spiro atoms. The van der Waals surface area contributed by atoms with Crippen LogP contribution in [0.3, 0.4) is 0 Å². The molecule has 0 aromatic carbocycles. The second-order valence-corrected chi connectivity index (χ2v) is 2.53. The predicted octanol–water partition coefficient (Wildman–Crippen LogP) is 1.53. The van der Waals surface area contributed by atoms with Gasteiger partial charge in [-0.15, -0.1) is 0 Å². The lowest BCUT2D eigenvalue weighted by Gasteiger charge is -2.06. The highest BCUT2D eigenvalue weighted by molar-refractivity contribution is 5.87. The Kier molecular flexibility index (Phi) is 6.11. The van der Waals surface area contributed by atoms with E-state index in [0.717, 1.165) is 18.9 Å². The first-order chi connectivity index (χ1) is 6.61. The van der Waals surface area contributed by atoms with Crippen molar-refractivity contribution in [1.82, 2.24) is 0 Å². The number of carbonyl (C=O) groups excluding carboxylic acids is 1. The summed E-state index contributed by atoms with van der Waals surface area (Å²) in [5.41, 5.74) is 0.569. The summed E-state index contributed by atoms with van der Waals surface area (Å²) in [5, 5.41) is 8.16. The van der Waals surface area contributed by atoms with E-state index >= 15 is 0 Å². The maximum Gasteiger partial charge on any atom is 0.331 e. The molecule has 1 aliphatic rings. The van der Waals surface area contributed by atoms with E-state index in [4.69, 9.17) is 5.11 Å². The lowest BCUT2D eigenvalue weighted by atomic mass is 10.00. The number of hydrogen-bond acceptors (Lipinski definition) is 3. The van der Waals surface area contributed by atoms with E-state index in [-0.39, 0.29) is 5.97 Å². The Morgan fingerprint density at radius 1 is 1.71 bits per heavy atom. The number of ether oxygens (including phenoxy) is 1. The van der Waals surface area contributed by atoms with Crippen molar-refractivity contribution in [2.45, 2.75) is 19.8 Å². The number of carbonyl (C=O) groups is 2. The normalized spacial score (nSPS) is 12.5. The van der Waals surface area contributed by atoms with Crippen LogP contribution in [0.5, 0.6) is 0 Å². The minimum atomic E-state index is -0.758. The van der Waals surface area contributed by atoms with Crippen LogP contribution >= 0.6 is 0 Å². The molecule has 4 nitrogen and oxygen atoms in total. The molecule has 0 amide bonds. The molecule has 0 saturated carbocycles. The monoisotopic (exact) mass is 198 g/mol. The van der Waals surface area contributed by atoms with Crippen molar-refractivity contribution in [2.24, 2.45) is 0 Å². The van der Waals surface area contributed by atoms with Crippen molar-refractivity contribution in [3.8, 4) is 0 Å². The number of allylic oxidation sites excluding steroid dienone is 1. The summed E-state index contributed by atoms with van der Waals surface area (Å²) in [6.45, 7) is 5.38. The highest BCUT2D eigenvalue weighted by atomic mass is 16.5. The highest BCUT2D eigenvalue weighted by Gasteiger charge is 2.11. The SMILES string of the molecule is C=CC(=O)OCC.O=C(O)C1=CCC1. The van der Waals surface area contributed by atoms with E-state index in [1.165, 1.54) is 0 Å². The van der Waals surface area contributed by atoms with Crippen molar-refractivity contribution in [1.29, 1.82) is 0 Å². The first kappa shape index (κ1) is 12.4. The summed E-state index contributed by atoms with van der Waals surface area (Å²) in [7, 11) is 0. The van der Waals surface area contributed by atoms with E-state index in [9.17, 15) is 9.59 Å². The number of hydrogen-bond donors (Lipinski definition) is 1. The van der Waals surface area contributed by atoms with Gasteiger partial charge in [-0.1, -0.05) is 12.7 Å². The highest BCUT2D eigenvalue weighted by Crippen LogP contribution is 2.16. The van der Waals surface area contributed by atoms with Crippen molar-refractivity contribution < 1.29 is 19.4 Å². The van der Waals surface area contributed by atoms with Crippen LogP contribution in [-0.4, -0.2) is 23.7 Å². The summed E-state index contributed by atoms with van der Waals surface area (Å²) in [6, 6.07) is 0. The lowest BCUT2D eigenvalue weighted by Crippen LogP contribution is -2.05. The second-order valence-electron chi connectivity index (χ2n) is 2.53. The zero-order valence-corrected chi connectivity index (χ0v) is 8.16. The minimum Gasteiger partial charge on any atom is -0.478 e. The molecule has 1 rings (SSSR count). The third-order valence-electron chi connectivity index (χ3n) is 1.53. The summed E-state index contributed by atoms with van der Waals surface area (Å²) in [4.78, 5) is 20.0. The average Bonchev–Trinajstić information content (AvgIpc) is 2.01. The van der Waals surface area contributed by atoms with Crippen LogP contribution in [0.25, 0.3) is 0 Å². The molecular weight excluding hydrogens is 184 g/mol. The molecule has 0 bridgehead atoms. The molecule has 0 aromatic heterocycles. The fourth-order valence-corrected chi connectivity index (χ4v) is 0.684. The number of carboxylic acid groups (broad SMARTS) is 1. The van der Waals surface area contributed by atoms with E-state index in [1.54, 1.807) is 13.0 Å². The van der Waals surface area contributed by atoms with E-state index in [1.807, 2.05) is 0 Å². The fourth-order valence-electron chi connectivity index (χ4n) is 0.684. The average molecular weight is 198 g/mol. The van der Waals surface area contributed by atoms with Gasteiger partial charge in [0.25, 0.3) is 0 Å². The molecule has 0 aromatic rings. The molecule has 1 aliphatic carbocycles. The first-order valence-electron chi connectivity index (χ1n) is 4.33. The van der Waals surface area contributed by atoms with Gasteiger partial charge in [0, 0.05) is 11.6 Å². The topological polar surface area (TPSA) is 63.6 Å². The number of carboxylic acids is 1. The summed E-state index contributed by atoms with van der Waals surface area (Å²) in [5.74, 6) is -1.12. The maximum atomic E-state index is 10.1. The van der Waals surface area contributed by atoms with E-state index in [0.29, 0.717) is 12.2 Å². The van der Waals surface area contributed by atoms with Gasteiger partial charge in [0.05, 0.1) is 6.61 Å². The fraction of sp³-hybridized carbons (Fsp3) is 0.400. The smallest absolute Gasteiger partial charge is 0.331 e. The maximum absolute atomic E-state index is 10.1. The Hall–Kier alpha value is -1.58. The largest absolute Gasteiger partial charge is 0.478 e. The zero-order valence-electron chi connectivity index (χ0n) is 8.16. The predicted molar refractivity (Wildman–Crippen MR) is 51.8 cm³/mol. The van der Waals surface area contributed by atoms with Gasteiger partial charge < -0.3 is 9.84 Å². The van der Waals surface area contributed by atoms with Crippen LogP contribution < -0.4 is 0 Å². The summed E-state index contributed by atoms with van der Waals surface area (Å²) >= 11 is 0. The molecule has 0 unspecified atom stereocenters. The van der Waals surface area contributed by atoms with Gasteiger partial charge in [0.2, 0.25) is 0 Å². The van der Waals surface area contributed by atoms with Crippen LogP contribution in [0.4, 0.5) is 0 Å². The molecule has 14 heavy (non-hydrogen) atoms. The van der Waals surface area contributed by atoms with Crippen LogP contribution in [0.2, 0.25) is 0 Å². The van der Waals surface area contributed by atoms with Crippen LogP contribution in [0.1, 0.15) is 19.8 Å². The Bertz CT molecular complexity index is 253. The molecule has 0 fully saturated rings. The second kappa shape index (κ2) is 6.88. The van der Waals surface area contributed by atoms with E-state index < -0.39 is 5.97 Å². The van der Waals surface area contributed by atoms with E-state index in [2.05, 4.69) is 11.3 Å².